The number of hydrogen-bond donors (Lipinski definition) is 4. The van der Waals surface area contributed by atoms with Crippen LogP contribution in [-0.4, -0.2) is 120 Å². The summed E-state index contributed by atoms with van der Waals surface area (Å²) in [5.41, 5.74) is 0. The first kappa shape index (κ1) is 44.2. The SMILES string of the molecule is COC(=O)NC(=NCCCC(=O)CBr)NCCC(=O)OC1C(=O)CCC1=O.O=C(CI)CCCNC(=O)NCCC(=O)OC1C(=O)CCC1=O. The van der Waals surface area contributed by atoms with Crippen LogP contribution in [0.3, 0.4) is 0 Å². The van der Waals surface area contributed by atoms with Crippen molar-refractivity contribution < 1.29 is 62.2 Å². The number of amides is 3. The second-order valence-electron chi connectivity index (χ2n) is 10.6. The Morgan fingerprint density at radius 1 is 0.720 bits per heavy atom. The van der Waals surface area contributed by atoms with Crippen LogP contribution in [0.2, 0.25) is 0 Å². The summed E-state index contributed by atoms with van der Waals surface area (Å²) in [7, 11) is 1.19. The minimum atomic E-state index is -1.30. The molecule has 2 saturated carbocycles. The molecule has 0 heterocycles. The van der Waals surface area contributed by atoms with Crippen LogP contribution in [0.5, 0.6) is 0 Å². The monoisotopic (exact) mass is 885 g/mol. The summed E-state index contributed by atoms with van der Waals surface area (Å²) in [5, 5.41) is 10.4. The number of nitrogens with one attached hydrogen (secondary N) is 4. The summed E-state index contributed by atoms with van der Waals surface area (Å²) < 4.78 is 14.6. The molecule has 18 nitrogen and oxygen atoms in total. The van der Waals surface area contributed by atoms with Gasteiger partial charge in [-0.3, -0.25) is 48.7 Å². The molecule has 0 radical (unpaired) electrons. The molecule has 278 valence electrons. The lowest BCUT2D eigenvalue weighted by Crippen LogP contribution is -2.42. The van der Waals surface area contributed by atoms with Crippen molar-refractivity contribution in [3.8, 4) is 0 Å². The van der Waals surface area contributed by atoms with Crippen LogP contribution in [0, 0.1) is 0 Å². The van der Waals surface area contributed by atoms with Crippen molar-refractivity contribution in [3.05, 3.63) is 0 Å². The number of guanidine groups is 1. The number of hydrogen-bond acceptors (Lipinski definition) is 14. The maximum atomic E-state index is 11.8. The van der Waals surface area contributed by atoms with E-state index in [-0.39, 0.29) is 92.6 Å². The van der Waals surface area contributed by atoms with Crippen molar-refractivity contribution in [1.29, 1.82) is 0 Å². The molecule has 0 aliphatic heterocycles. The quantitative estimate of drug-likeness (QED) is 0.0215. The zero-order valence-corrected chi connectivity index (χ0v) is 31.2. The number of ether oxygens (including phenoxy) is 3. The van der Waals surface area contributed by atoms with Crippen LogP contribution in [0.25, 0.3) is 0 Å². The lowest BCUT2D eigenvalue weighted by atomic mass is 10.2. The van der Waals surface area contributed by atoms with Crippen molar-refractivity contribution in [2.45, 2.75) is 76.4 Å². The molecule has 0 unspecified atom stereocenters. The Morgan fingerprint density at radius 2 is 1.20 bits per heavy atom. The fourth-order valence-electron chi connectivity index (χ4n) is 4.02. The zero-order chi connectivity index (χ0) is 37.5. The van der Waals surface area contributed by atoms with Gasteiger partial charge in [-0.05, 0) is 12.8 Å². The molecule has 4 N–H and O–H groups in total. The maximum Gasteiger partial charge on any atom is 0.413 e. The average Bonchev–Trinajstić information content (AvgIpc) is 3.58. The van der Waals surface area contributed by atoms with E-state index in [0.29, 0.717) is 36.7 Å². The number of esters is 2. The van der Waals surface area contributed by atoms with Crippen molar-refractivity contribution in [2.24, 2.45) is 4.99 Å². The molecule has 50 heavy (non-hydrogen) atoms. The Balaban J connectivity index is 0.000000506. The van der Waals surface area contributed by atoms with Gasteiger partial charge in [0.25, 0.3) is 0 Å². The van der Waals surface area contributed by atoms with E-state index in [1.165, 1.54) is 7.11 Å². The Morgan fingerprint density at radius 3 is 1.68 bits per heavy atom. The van der Waals surface area contributed by atoms with Gasteiger partial charge < -0.3 is 30.2 Å². The molecule has 0 atom stereocenters. The molecular weight excluding hydrogens is 845 g/mol. The Labute approximate surface area is 309 Å². The lowest BCUT2D eigenvalue weighted by molar-refractivity contribution is -0.157. The van der Waals surface area contributed by atoms with Crippen LogP contribution < -0.4 is 21.3 Å². The van der Waals surface area contributed by atoms with Gasteiger partial charge in [0.05, 0.1) is 29.7 Å². The Kier molecular flexibility index (Phi) is 22.3. The smallest absolute Gasteiger partial charge is 0.413 e. The number of urea groups is 1. The summed E-state index contributed by atoms with van der Waals surface area (Å²) in [5.74, 6) is -2.71. The maximum absolute atomic E-state index is 11.8. The van der Waals surface area contributed by atoms with Crippen molar-refractivity contribution >= 4 is 103 Å². The third kappa shape index (κ3) is 18.8. The Bertz CT molecular complexity index is 1280. The minimum Gasteiger partial charge on any atom is -0.453 e. The highest BCUT2D eigenvalue weighted by atomic mass is 127. The number of halogens is 2. The zero-order valence-electron chi connectivity index (χ0n) is 27.5. The normalized spacial score (nSPS) is 14.7. The molecular formula is C30H41BrIN5O13. The molecule has 2 aliphatic rings. The van der Waals surface area contributed by atoms with Crippen molar-refractivity contribution in [3.63, 3.8) is 0 Å². The molecule has 0 aromatic rings. The summed E-state index contributed by atoms with van der Waals surface area (Å²) in [4.78, 5) is 118. The predicted molar refractivity (Wildman–Crippen MR) is 186 cm³/mol. The first-order chi connectivity index (χ1) is 23.8. The highest BCUT2D eigenvalue weighted by Crippen LogP contribution is 2.15. The number of alkyl carbamates (subject to hydrolysis) is 1. The van der Waals surface area contributed by atoms with Gasteiger partial charge in [-0.25, -0.2) is 9.59 Å². The third-order valence-electron chi connectivity index (χ3n) is 6.65. The topological polar surface area (TPSA) is 259 Å². The molecule has 2 fully saturated rings. The van der Waals surface area contributed by atoms with Crippen LogP contribution in [0.15, 0.2) is 4.99 Å². The van der Waals surface area contributed by atoms with Gasteiger partial charge in [-0.2, -0.15) is 0 Å². The number of Topliss-reactive ketones (excluding diaryl/α,β-unsaturated/α-hetero) is 6. The van der Waals surface area contributed by atoms with Gasteiger partial charge in [-0.1, -0.05) is 38.5 Å². The summed E-state index contributed by atoms with van der Waals surface area (Å²) in [6.45, 7) is 0.730. The van der Waals surface area contributed by atoms with Crippen molar-refractivity contribution in [2.75, 3.05) is 43.0 Å². The molecule has 0 bridgehead atoms. The number of methoxy groups -OCH3 is 1. The Hall–Kier alpha value is -3.82. The van der Waals surface area contributed by atoms with Gasteiger partial charge in [0.15, 0.2) is 23.1 Å². The van der Waals surface area contributed by atoms with Crippen LogP contribution in [-0.2, 0) is 52.6 Å². The number of carbonyl (C=O) groups excluding carboxylic acids is 10. The van der Waals surface area contributed by atoms with Crippen molar-refractivity contribution in [1.82, 2.24) is 21.3 Å². The fourth-order valence-corrected chi connectivity index (χ4v) is 4.68. The number of ketones is 6. The molecule has 0 aromatic carbocycles. The largest absolute Gasteiger partial charge is 0.453 e. The van der Waals surface area contributed by atoms with E-state index in [0.717, 1.165) is 0 Å². The van der Waals surface area contributed by atoms with Gasteiger partial charge in [-0.15, -0.1) is 0 Å². The molecule has 0 spiro atoms. The molecule has 20 heteroatoms. The van der Waals surface area contributed by atoms with Gasteiger partial charge in [0.1, 0.15) is 11.6 Å². The third-order valence-corrected chi connectivity index (χ3v) is 8.12. The fraction of sp³-hybridized carbons (Fsp3) is 0.633. The van der Waals surface area contributed by atoms with Crippen LogP contribution in [0.1, 0.15) is 64.2 Å². The van der Waals surface area contributed by atoms with E-state index in [2.05, 4.69) is 46.9 Å². The van der Waals surface area contributed by atoms with Crippen LogP contribution in [0.4, 0.5) is 9.59 Å². The van der Waals surface area contributed by atoms with Gasteiger partial charge in [0.2, 0.25) is 18.2 Å². The average molecular weight is 886 g/mol. The first-order valence-corrected chi connectivity index (χ1v) is 18.3. The number of nitrogens with zero attached hydrogens (tertiary/aromatic N) is 1. The highest BCUT2D eigenvalue weighted by molar-refractivity contribution is 14.1. The number of alkyl halides is 2. The second kappa shape index (κ2) is 25.2. The molecule has 3 amide bonds. The molecule has 0 saturated heterocycles. The van der Waals surface area contributed by atoms with E-state index in [1.54, 1.807) is 0 Å². The predicted octanol–water partition coefficient (Wildman–Crippen LogP) is 0.570. The van der Waals surface area contributed by atoms with Crippen LogP contribution >= 0.6 is 38.5 Å². The number of carbonyl (C=O) groups is 10. The number of rotatable bonds is 18. The van der Waals surface area contributed by atoms with E-state index >= 15 is 0 Å². The number of aliphatic imine (C=N–C) groups is 1. The molecule has 2 aliphatic carbocycles. The molecule has 2 rings (SSSR count). The van der Waals surface area contributed by atoms with E-state index < -0.39 is 47.8 Å². The van der Waals surface area contributed by atoms with Gasteiger partial charge in [0, 0.05) is 64.7 Å². The summed E-state index contributed by atoms with van der Waals surface area (Å²) in [6, 6.07) is -0.451. The second-order valence-corrected chi connectivity index (χ2v) is 11.9. The lowest BCUT2D eigenvalue weighted by Gasteiger charge is -2.12. The summed E-state index contributed by atoms with van der Waals surface area (Å²) in [6.07, 6.45) is -1.38. The van der Waals surface area contributed by atoms with E-state index in [1.807, 2.05) is 22.6 Å². The van der Waals surface area contributed by atoms with Gasteiger partial charge >= 0.3 is 24.1 Å². The first-order valence-electron chi connectivity index (χ1n) is 15.6. The van der Waals surface area contributed by atoms with E-state index in [9.17, 15) is 47.9 Å². The minimum absolute atomic E-state index is 0.0342. The summed E-state index contributed by atoms with van der Waals surface area (Å²) >= 11 is 5.05. The van der Waals surface area contributed by atoms with E-state index in [4.69, 9.17) is 9.47 Å². The molecule has 0 aromatic heterocycles. The highest BCUT2D eigenvalue weighted by Gasteiger charge is 2.36. The standard InChI is InChI=1S/C16H22BrN3O7.C14H19IN2O6/c1-26-16(25)20-15(18-7-2-3-10(21)9-17)19-8-6-13(24)27-14-11(22)4-5-12(14)23;15-8-9(18)2-1-6-16-14(22)17-7-5-12(21)23-13-10(19)3-4-11(13)20/h14H,2-9H2,1H3,(H2,18,19,20,25);13H,1-8H2,(H2,16,17,22).